The number of benzene rings is 2. The Balaban J connectivity index is 1.98. The number of rotatable bonds is 1. The van der Waals surface area contributed by atoms with E-state index in [1.165, 1.54) is 11.1 Å². The molecular weight excluding hydrogens is 262 g/mol. The first-order valence-electron chi connectivity index (χ1n) is 7.27. The lowest BCUT2D eigenvalue weighted by Gasteiger charge is -2.30. The van der Waals surface area contributed by atoms with Crippen molar-refractivity contribution < 1.29 is 9.90 Å². The SMILES string of the molecule is Cc1ccc2c(c1)CCCN2C(=O)c1ccc(C)c(O)c1. The van der Waals surface area contributed by atoms with Crippen molar-refractivity contribution in [2.24, 2.45) is 0 Å². The fraction of sp³-hybridized carbons (Fsp3) is 0.278. The normalized spacial score (nSPS) is 13.9. The van der Waals surface area contributed by atoms with Gasteiger partial charge < -0.3 is 10.0 Å². The summed E-state index contributed by atoms with van der Waals surface area (Å²) in [6, 6.07) is 11.3. The minimum Gasteiger partial charge on any atom is -0.508 e. The van der Waals surface area contributed by atoms with Crippen LogP contribution in [0, 0.1) is 13.8 Å². The highest BCUT2D eigenvalue weighted by atomic mass is 16.3. The van der Waals surface area contributed by atoms with Gasteiger partial charge in [0.25, 0.3) is 5.91 Å². The third kappa shape index (κ3) is 2.51. The molecule has 21 heavy (non-hydrogen) atoms. The van der Waals surface area contributed by atoms with E-state index in [9.17, 15) is 9.90 Å². The maximum absolute atomic E-state index is 12.7. The Hall–Kier alpha value is -2.29. The molecule has 108 valence electrons. The predicted octanol–water partition coefficient (Wildman–Crippen LogP) is 3.60. The molecule has 0 radical (unpaired) electrons. The van der Waals surface area contributed by atoms with E-state index in [4.69, 9.17) is 0 Å². The number of amides is 1. The zero-order valence-electron chi connectivity index (χ0n) is 12.4. The van der Waals surface area contributed by atoms with E-state index in [0.29, 0.717) is 5.56 Å². The molecule has 1 amide bonds. The van der Waals surface area contributed by atoms with Gasteiger partial charge >= 0.3 is 0 Å². The molecule has 0 atom stereocenters. The van der Waals surface area contributed by atoms with Crippen LogP contribution in [0.25, 0.3) is 0 Å². The summed E-state index contributed by atoms with van der Waals surface area (Å²) in [4.78, 5) is 14.5. The summed E-state index contributed by atoms with van der Waals surface area (Å²) in [5.74, 6) is 0.122. The number of phenols is 1. The van der Waals surface area contributed by atoms with Gasteiger partial charge in [-0.25, -0.2) is 0 Å². The van der Waals surface area contributed by atoms with Gasteiger partial charge in [0.05, 0.1) is 0 Å². The number of aryl methyl sites for hydroxylation is 3. The highest BCUT2D eigenvalue weighted by molar-refractivity contribution is 6.07. The summed E-state index contributed by atoms with van der Waals surface area (Å²) in [7, 11) is 0. The highest BCUT2D eigenvalue weighted by Gasteiger charge is 2.23. The number of nitrogens with zero attached hydrogens (tertiary/aromatic N) is 1. The highest BCUT2D eigenvalue weighted by Crippen LogP contribution is 2.30. The standard InChI is InChI=1S/C18H19NO2/c1-12-5-8-16-14(10-12)4-3-9-19(16)18(21)15-7-6-13(2)17(20)11-15/h5-8,10-11,20H,3-4,9H2,1-2H3. The molecule has 0 aromatic heterocycles. The maximum Gasteiger partial charge on any atom is 0.258 e. The molecule has 0 aliphatic carbocycles. The zero-order valence-corrected chi connectivity index (χ0v) is 12.4. The lowest BCUT2D eigenvalue weighted by atomic mass is 9.98. The van der Waals surface area contributed by atoms with Crippen LogP contribution in [0.5, 0.6) is 5.75 Å². The molecule has 1 N–H and O–H groups in total. The van der Waals surface area contributed by atoms with E-state index in [1.54, 1.807) is 18.2 Å². The first-order valence-corrected chi connectivity index (χ1v) is 7.27. The number of aromatic hydroxyl groups is 1. The van der Waals surface area contributed by atoms with Gasteiger partial charge in [0.1, 0.15) is 5.75 Å². The molecule has 0 saturated heterocycles. The van der Waals surface area contributed by atoms with E-state index < -0.39 is 0 Å². The first kappa shape index (κ1) is 13.7. The average Bonchev–Trinajstić information content (AvgIpc) is 2.48. The second-order valence-electron chi connectivity index (χ2n) is 5.69. The number of carbonyl (C=O) groups is 1. The van der Waals surface area contributed by atoms with Gasteiger partial charge in [-0.2, -0.15) is 0 Å². The molecule has 1 aliphatic rings. The summed E-state index contributed by atoms with van der Waals surface area (Å²) >= 11 is 0. The van der Waals surface area contributed by atoms with E-state index in [1.807, 2.05) is 24.0 Å². The van der Waals surface area contributed by atoms with Crippen LogP contribution in [0.3, 0.4) is 0 Å². The van der Waals surface area contributed by atoms with Crippen molar-refractivity contribution in [3.05, 3.63) is 58.7 Å². The van der Waals surface area contributed by atoms with Crippen LogP contribution in [0.1, 0.15) is 33.5 Å². The van der Waals surface area contributed by atoms with Crippen molar-refractivity contribution in [1.82, 2.24) is 0 Å². The molecule has 3 rings (SSSR count). The Morgan fingerprint density at radius 3 is 2.71 bits per heavy atom. The van der Waals surface area contributed by atoms with Gasteiger partial charge in [0.15, 0.2) is 0 Å². The summed E-state index contributed by atoms with van der Waals surface area (Å²) in [6.07, 6.45) is 1.99. The first-order chi connectivity index (χ1) is 10.1. The molecule has 1 aliphatic heterocycles. The third-order valence-corrected chi connectivity index (χ3v) is 4.05. The minimum atomic E-state index is -0.0462. The Morgan fingerprint density at radius 1 is 1.14 bits per heavy atom. The minimum absolute atomic E-state index is 0.0462. The molecule has 3 nitrogen and oxygen atoms in total. The van der Waals surface area contributed by atoms with Crippen molar-refractivity contribution in [2.75, 3.05) is 11.4 Å². The number of phenolic OH excluding ortho intramolecular Hbond substituents is 1. The summed E-state index contributed by atoms with van der Waals surface area (Å²) in [6.45, 7) is 4.62. The van der Waals surface area contributed by atoms with Crippen LogP contribution in [-0.2, 0) is 6.42 Å². The molecule has 0 fully saturated rings. The topological polar surface area (TPSA) is 40.5 Å². The lowest BCUT2D eigenvalue weighted by molar-refractivity contribution is 0.0984. The summed E-state index contributed by atoms with van der Waals surface area (Å²) in [5.41, 5.74) is 4.76. The Kier molecular flexibility index (Phi) is 3.42. The van der Waals surface area contributed by atoms with Gasteiger partial charge in [-0.05, 0) is 56.0 Å². The lowest BCUT2D eigenvalue weighted by Crippen LogP contribution is -2.35. The van der Waals surface area contributed by atoms with Gasteiger partial charge in [-0.3, -0.25) is 4.79 Å². The number of anilines is 1. The number of hydrogen-bond acceptors (Lipinski definition) is 2. The molecule has 2 aromatic rings. The maximum atomic E-state index is 12.7. The number of carbonyl (C=O) groups excluding carboxylic acids is 1. The van der Waals surface area contributed by atoms with Crippen LogP contribution in [0.2, 0.25) is 0 Å². The van der Waals surface area contributed by atoms with Crippen LogP contribution in [0.4, 0.5) is 5.69 Å². The van der Waals surface area contributed by atoms with E-state index >= 15 is 0 Å². The average molecular weight is 281 g/mol. The van der Waals surface area contributed by atoms with Crippen molar-refractivity contribution >= 4 is 11.6 Å². The molecule has 0 saturated carbocycles. The quantitative estimate of drug-likeness (QED) is 0.867. The van der Waals surface area contributed by atoms with Crippen molar-refractivity contribution in [2.45, 2.75) is 26.7 Å². The van der Waals surface area contributed by atoms with E-state index in [2.05, 4.69) is 13.0 Å². The van der Waals surface area contributed by atoms with Gasteiger partial charge in [0.2, 0.25) is 0 Å². The monoisotopic (exact) mass is 281 g/mol. The van der Waals surface area contributed by atoms with Crippen molar-refractivity contribution in [3.63, 3.8) is 0 Å². The van der Waals surface area contributed by atoms with E-state index in [0.717, 1.165) is 30.6 Å². The Bertz CT molecular complexity index is 706. The van der Waals surface area contributed by atoms with Gasteiger partial charge in [-0.15, -0.1) is 0 Å². The fourth-order valence-electron chi connectivity index (χ4n) is 2.84. The van der Waals surface area contributed by atoms with Gasteiger partial charge in [0, 0.05) is 17.8 Å². The summed E-state index contributed by atoms with van der Waals surface area (Å²) in [5, 5.41) is 9.81. The largest absolute Gasteiger partial charge is 0.508 e. The van der Waals surface area contributed by atoms with Crippen LogP contribution < -0.4 is 4.90 Å². The molecular formula is C18H19NO2. The third-order valence-electron chi connectivity index (χ3n) is 4.05. The van der Waals surface area contributed by atoms with Crippen molar-refractivity contribution in [1.29, 1.82) is 0 Å². The predicted molar refractivity (Wildman–Crippen MR) is 84.0 cm³/mol. The molecule has 0 spiro atoms. The fourth-order valence-corrected chi connectivity index (χ4v) is 2.84. The molecule has 2 aromatic carbocycles. The smallest absolute Gasteiger partial charge is 0.258 e. The summed E-state index contributed by atoms with van der Waals surface area (Å²) < 4.78 is 0. The van der Waals surface area contributed by atoms with Crippen LogP contribution in [-0.4, -0.2) is 17.6 Å². The second-order valence-corrected chi connectivity index (χ2v) is 5.69. The van der Waals surface area contributed by atoms with Crippen molar-refractivity contribution in [3.8, 4) is 5.75 Å². The molecule has 0 unspecified atom stereocenters. The molecule has 0 bridgehead atoms. The Labute approximate surface area is 124 Å². The van der Waals surface area contributed by atoms with Crippen LogP contribution >= 0.6 is 0 Å². The number of fused-ring (bicyclic) bond motifs is 1. The Morgan fingerprint density at radius 2 is 1.95 bits per heavy atom. The van der Waals surface area contributed by atoms with Gasteiger partial charge in [-0.1, -0.05) is 23.8 Å². The number of hydrogen-bond donors (Lipinski definition) is 1. The molecule has 3 heteroatoms. The van der Waals surface area contributed by atoms with E-state index in [-0.39, 0.29) is 11.7 Å². The second kappa shape index (κ2) is 5.24. The zero-order chi connectivity index (χ0) is 15.0. The van der Waals surface area contributed by atoms with Crippen LogP contribution in [0.15, 0.2) is 36.4 Å². The molecule has 1 heterocycles.